The van der Waals surface area contributed by atoms with Gasteiger partial charge in [-0.2, -0.15) is 0 Å². The molecule has 8 nitrogen and oxygen atoms in total. The SMILES string of the molecule is CN=C(NCc1ccc(N2CCCC2=O)cc1)NCc1ccccc1S(=O)(=O)N(C)C. The number of nitrogens with zero attached hydrogens (tertiary/aromatic N) is 3. The van der Waals surface area contributed by atoms with Crippen molar-refractivity contribution in [3.63, 3.8) is 0 Å². The standard InChI is InChI=1S/C22H29N5O3S/c1-23-22(25-16-18-7-4-5-8-20(18)31(29,30)26(2)3)24-15-17-10-12-19(13-11-17)27-14-6-9-21(27)28/h4-5,7-8,10-13H,6,9,14-16H2,1-3H3,(H2,23,24,25). The number of hydrogen-bond acceptors (Lipinski definition) is 4. The van der Waals surface area contributed by atoms with Gasteiger partial charge < -0.3 is 15.5 Å². The van der Waals surface area contributed by atoms with Gasteiger partial charge in [0.05, 0.1) is 4.90 Å². The van der Waals surface area contributed by atoms with Crippen molar-refractivity contribution in [2.75, 3.05) is 32.6 Å². The van der Waals surface area contributed by atoms with Gasteiger partial charge in [0.15, 0.2) is 5.96 Å². The van der Waals surface area contributed by atoms with E-state index < -0.39 is 10.0 Å². The van der Waals surface area contributed by atoms with Gasteiger partial charge in [-0.3, -0.25) is 9.79 Å². The van der Waals surface area contributed by atoms with Gasteiger partial charge in [0, 0.05) is 52.9 Å². The minimum Gasteiger partial charge on any atom is -0.352 e. The second kappa shape index (κ2) is 9.93. The van der Waals surface area contributed by atoms with Crippen molar-refractivity contribution in [2.45, 2.75) is 30.8 Å². The van der Waals surface area contributed by atoms with E-state index >= 15 is 0 Å². The maximum Gasteiger partial charge on any atom is 0.242 e. The zero-order valence-electron chi connectivity index (χ0n) is 18.1. The van der Waals surface area contributed by atoms with Crippen molar-refractivity contribution in [3.05, 3.63) is 59.7 Å². The van der Waals surface area contributed by atoms with E-state index in [0.717, 1.165) is 24.2 Å². The average molecular weight is 444 g/mol. The van der Waals surface area contributed by atoms with Gasteiger partial charge in [0.25, 0.3) is 0 Å². The second-order valence-corrected chi connectivity index (χ2v) is 9.61. The fourth-order valence-electron chi connectivity index (χ4n) is 3.40. The van der Waals surface area contributed by atoms with E-state index in [0.29, 0.717) is 31.0 Å². The summed E-state index contributed by atoms with van der Waals surface area (Å²) in [6.07, 6.45) is 1.52. The Bertz CT molecular complexity index is 1050. The van der Waals surface area contributed by atoms with E-state index in [1.807, 2.05) is 35.2 Å². The Morgan fingerprint density at radius 1 is 1.06 bits per heavy atom. The molecule has 1 saturated heterocycles. The molecule has 0 aromatic heterocycles. The van der Waals surface area contributed by atoms with Crippen LogP contribution in [0.2, 0.25) is 0 Å². The van der Waals surface area contributed by atoms with E-state index in [4.69, 9.17) is 0 Å². The van der Waals surface area contributed by atoms with Gasteiger partial charge in [-0.15, -0.1) is 0 Å². The molecule has 1 amide bonds. The average Bonchev–Trinajstić information content (AvgIpc) is 3.20. The molecule has 1 aliphatic rings. The van der Waals surface area contributed by atoms with Gasteiger partial charge >= 0.3 is 0 Å². The Morgan fingerprint density at radius 2 is 1.74 bits per heavy atom. The van der Waals surface area contributed by atoms with Crippen LogP contribution in [0.1, 0.15) is 24.0 Å². The van der Waals surface area contributed by atoms with Gasteiger partial charge in [-0.1, -0.05) is 30.3 Å². The highest BCUT2D eigenvalue weighted by atomic mass is 32.2. The van der Waals surface area contributed by atoms with Gasteiger partial charge in [0.2, 0.25) is 15.9 Å². The molecule has 0 unspecified atom stereocenters. The topological polar surface area (TPSA) is 94.1 Å². The number of benzene rings is 2. The maximum atomic E-state index is 12.5. The van der Waals surface area contributed by atoms with E-state index in [1.54, 1.807) is 25.2 Å². The first-order valence-corrected chi connectivity index (χ1v) is 11.6. The van der Waals surface area contributed by atoms with E-state index in [1.165, 1.54) is 18.4 Å². The van der Waals surface area contributed by atoms with Crippen molar-refractivity contribution in [1.82, 2.24) is 14.9 Å². The fourth-order valence-corrected chi connectivity index (χ4v) is 4.51. The molecule has 2 aromatic rings. The van der Waals surface area contributed by atoms with Crippen molar-refractivity contribution in [2.24, 2.45) is 4.99 Å². The Kier molecular flexibility index (Phi) is 7.29. The third kappa shape index (κ3) is 5.42. The van der Waals surface area contributed by atoms with Gasteiger partial charge in [0.1, 0.15) is 0 Å². The summed E-state index contributed by atoms with van der Waals surface area (Å²) in [4.78, 5) is 18.2. The Balaban J connectivity index is 1.59. The van der Waals surface area contributed by atoms with Crippen LogP contribution >= 0.6 is 0 Å². The number of nitrogens with one attached hydrogen (secondary N) is 2. The number of sulfonamides is 1. The summed E-state index contributed by atoms with van der Waals surface area (Å²) in [7, 11) is 1.18. The minimum atomic E-state index is -3.53. The molecule has 1 aliphatic heterocycles. The van der Waals surface area contributed by atoms with E-state index in [2.05, 4.69) is 15.6 Å². The molecule has 2 N–H and O–H groups in total. The zero-order chi connectivity index (χ0) is 22.4. The van der Waals surface area contributed by atoms with Crippen LogP contribution in [-0.2, 0) is 27.9 Å². The number of carbonyl (C=O) groups excluding carboxylic acids is 1. The molecule has 3 rings (SSSR count). The van der Waals surface area contributed by atoms with Crippen LogP contribution in [0.25, 0.3) is 0 Å². The lowest BCUT2D eigenvalue weighted by Gasteiger charge is -2.17. The molecule has 166 valence electrons. The van der Waals surface area contributed by atoms with Crippen LogP contribution in [0.4, 0.5) is 5.69 Å². The minimum absolute atomic E-state index is 0.173. The highest BCUT2D eigenvalue weighted by Gasteiger charge is 2.22. The first-order chi connectivity index (χ1) is 14.8. The number of anilines is 1. The molecule has 9 heteroatoms. The summed E-state index contributed by atoms with van der Waals surface area (Å²) in [5, 5.41) is 6.41. The monoisotopic (exact) mass is 443 g/mol. The van der Waals surface area contributed by atoms with Crippen molar-refractivity contribution >= 4 is 27.6 Å². The lowest BCUT2D eigenvalue weighted by atomic mass is 10.2. The van der Waals surface area contributed by atoms with Gasteiger partial charge in [-0.05, 0) is 35.7 Å². The van der Waals surface area contributed by atoms with Crippen molar-refractivity contribution in [1.29, 1.82) is 0 Å². The molecule has 0 bridgehead atoms. The summed E-state index contributed by atoms with van der Waals surface area (Å²) in [5.41, 5.74) is 2.64. The molecular formula is C22H29N5O3S. The van der Waals surface area contributed by atoms with Crippen LogP contribution in [0.15, 0.2) is 58.4 Å². The highest BCUT2D eigenvalue weighted by molar-refractivity contribution is 7.89. The molecule has 0 radical (unpaired) electrons. The smallest absolute Gasteiger partial charge is 0.242 e. The number of aliphatic imine (C=N–C) groups is 1. The van der Waals surface area contributed by atoms with Crippen LogP contribution in [0.5, 0.6) is 0 Å². The fraction of sp³-hybridized carbons (Fsp3) is 0.364. The van der Waals surface area contributed by atoms with Crippen LogP contribution in [-0.4, -0.2) is 52.3 Å². The van der Waals surface area contributed by atoms with Gasteiger partial charge in [-0.25, -0.2) is 12.7 Å². The summed E-state index contributed by atoms with van der Waals surface area (Å²) in [6, 6.07) is 14.8. The summed E-state index contributed by atoms with van der Waals surface area (Å²) >= 11 is 0. The van der Waals surface area contributed by atoms with Crippen LogP contribution in [0.3, 0.4) is 0 Å². The van der Waals surface area contributed by atoms with E-state index in [-0.39, 0.29) is 10.8 Å². The van der Waals surface area contributed by atoms with Crippen molar-refractivity contribution in [3.8, 4) is 0 Å². The zero-order valence-corrected chi connectivity index (χ0v) is 18.9. The normalized spacial score (nSPS) is 14.9. The number of rotatable bonds is 7. The largest absolute Gasteiger partial charge is 0.352 e. The predicted molar refractivity (Wildman–Crippen MR) is 122 cm³/mol. The molecule has 0 aliphatic carbocycles. The number of guanidine groups is 1. The quantitative estimate of drug-likeness (QED) is 0.504. The van der Waals surface area contributed by atoms with Crippen LogP contribution in [0, 0.1) is 0 Å². The molecule has 0 spiro atoms. The lowest BCUT2D eigenvalue weighted by molar-refractivity contribution is -0.117. The third-order valence-electron chi connectivity index (χ3n) is 5.18. The molecule has 1 fully saturated rings. The second-order valence-electron chi connectivity index (χ2n) is 7.49. The molecule has 2 aromatic carbocycles. The number of hydrogen-bond donors (Lipinski definition) is 2. The van der Waals surface area contributed by atoms with E-state index in [9.17, 15) is 13.2 Å². The Hall–Kier alpha value is -2.91. The maximum absolute atomic E-state index is 12.5. The summed E-state index contributed by atoms with van der Waals surface area (Å²) in [6.45, 7) is 1.64. The molecule has 31 heavy (non-hydrogen) atoms. The summed E-state index contributed by atoms with van der Waals surface area (Å²) in [5.74, 6) is 0.739. The Morgan fingerprint density at radius 3 is 2.35 bits per heavy atom. The number of carbonyl (C=O) groups is 1. The molecule has 0 atom stereocenters. The van der Waals surface area contributed by atoms with Crippen LogP contribution < -0.4 is 15.5 Å². The summed E-state index contributed by atoms with van der Waals surface area (Å²) < 4.78 is 26.3. The lowest BCUT2D eigenvalue weighted by Crippen LogP contribution is -2.36. The molecule has 1 heterocycles. The molecular weight excluding hydrogens is 414 g/mol. The molecule has 0 saturated carbocycles. The first kappa shape index (κ1) is 22.8. The van der Waals surface area contributed by atoms with Crippen molar-refractivity contribution < 1.29 is 13.2 Å². The Labute approximate surface area is 184 Å². The highest BCUT2D eigenvalue weighted by Crippen LogP contribution is 2.21. The third-order valence-corrected chi connectivity index (χ3v) is 7.10. The first-order valence-electron chi connectivity index (χ1n) is 10.2. The number of amides is 1. The predicted octanol–water partition coefficient (Wildman–Crippen LogP) is 1.93.